The van der Waals surface area contributed by atoms with Crippen molar-refractivity contribution in [3.63, 3.8) is 0 Å². The number of nitrogens with one attached hydrogen (secondary N) is 2. The summed E-state index contributed by atoms with van der Waals surface area (Å²) in [6, 6.07) is 11.1. The number of anilines is 1. The van der Waals surface area contributed by atoms with Crippen LogP contribution in [0.5, 0.6) is 11.6 Å². The number of carbonyl (C=O) groups is 2. The Morgan fingerprint density at radius 3 is 2.77 bits per heavy atom. The molecular formula is C27H20Cl2FN5O4S. The second-order valence-corrected chi connectivity index (χ2v) is 10.2. The van der Waals surface area contributed by atoms with Crippen molar-refractivity contribution in [1.82, 2.24) is 15.3 Å². The minimum atomic E-state index is -1.44. The van der Waals surface area contributed by atoms with Gasteiger partial charge < -0.3 is 20.1 Å². The van der Waals surface area contributed by atoms with Crippen LogP contribution in [-0.4, -0.2) is 40.3 Å². The molecule has 2 aromatic carbocycles. The van der Waals surface area contributed by atoms with Gasteiger partial charge in [-0.05, 0) is 31.2 Å². The molecule has 1 aliphatic rings. The van der Waals surface area contributed by atoms with Crippen LogP contribution in [0.3, 0.4) is 0 Å². The van der Waals surface area contributed by atoms with Gasteiger partial charge in [0.25, 0.3) is 11.8 Å². The van der Waals surface area contributed by atoms with Crippen molar-refractivity contribution in [3.8, 4) is 11.6 Å². The topological polar surface area (TPSA) is 115 Å². The zero-order valence-corrected chi connectivity index (χ0v) is 23.1. The summed E-state index contributed by atoms with van der Waals surface area (Å²) in [5.41, 5.74) is 3.07. The smallest absolute Gasteiger partial charge is 0.269 e. The molecule has 1 aliphatic heterocycles. The zero-order chi connectivity index (χ0) is 28.2. The molecule has 0 bridgehead atoms. The van der Waals surface area contributed by atoms with E-state index < -0.39 is 23.8 Å². The summed E-state index contributed by atoms with van der Waals surface area (Å²) in [7, 11) is 0. The fourth-order valence-corrected chi connectivity index (χ4v) is 5.03. The molecule has 40 heavy (non-hydrogen) atoms. The van der Waals surface area contributed by atoms with E-state index in [-0.39, 0.29) is 28.8 Å². The van der Waals surface area contributed by atoms with Crippen molar-refractivity contribution >= 4 is 57.8 Å². The number of halogens is 3. The van der Waals surface area contributed by atoms with E-state index >= 15 is 0 Å². The Bertz CT molecular complexity index is 1620. The Hall–Kier alpha value is -4.06. The molecular weight excluding hydrogens is 580 g/mol. The molecule has 1 unspecified atom stereocenters. The van der Waals surface area contributed by atoms with Crippen LogP contribution in [0.2, 0.25) is 10.0 Å². The maximum absolute atomic E-state index is 14.1. The van der Waals surface area contributed by atoms with Crippen LogP contribution < -0.4 is 20.1 Å². The first kappa shape index (κ1) is 27.5. The number of hydrogen-bond donors (Lipinski definition) is 2. The largest absolute Gasteiger partial charge is 0.493 e. The average molecular weight is 600 g/mol. The number of pyridine rings is 1. The van der Waals surface area contributed by atoms with Crippen LogP contribution in [0.15, 0.2) is 65.4 Å². The Balaban J connectivity index is 1.54. The number of fused-ring (bicyclic) bond motifs is 1. The summed E-state index contributed by atoms with van der Waals surface area (Å²) in [5.74, 6) is -1.98. The van der Waals surface area contributed by atoms with Crippen LogP contribution in [0.4, 0.5) is 10.1 Å². The van der Waals surface area contributed by atoms with Crippen molar-refractivity contribution in [2.75, 3.05) is 11.9 Å². The zero-order valence-electron chi connectivity index (χ0n) is 20.8. The average Bonchev–Trinajstić information content (AvgIpc) is 3.40. The highest BCUT2D eigenvalue weighted by Gasteiger charge is 2.30. The lowest BCUT2D eigenvalue weighted by Gasteiger charge is -2.17. The minimum Gasteiger partial charge on any atom is -0.493 e. The Kier molecular flexibility index (Phi) is 8.24. The quantitative estimate of drug-likeness (QED) is 0.276. The number of thiazole rings is 1. The number of aliphatic imine (C=N–C) groups is 1. The molecule has 0 saturated heterocycles. The molecule has 0 aliphatic carbocycles. The third kappa shape index (κ3) is 5.91. The highest BCUT2D eigenvalue weighted by atomic mass is 35.5. The van der Waals surface area contributed by atoms with Crippen molar-refractivity contribution in [3.05, 3.63) is 97.8 Å². The number of para-hydroxylation sites is 1. The monoisotopic (exact) mass is 599 g/mol. The molecule has 0 saturated carbocycles. The Labute approximate surface area is 242 Å². The summed E-state index contributed by atoms with van der Waals surface area (Å²) < 4.78 is 25.6. The van der Waals surface area contributed by atoms with Gasteiger partial charge in [0, 0.05) is 16.8 Å². The minimum absolute atomic E-state index is 0.0698. The molecule has 0 radical (unpaired) electrons. The summed E-state index contributed by atoms with van der Waals surface area (Å²) in [5, 5.41) is 5.92. The van der Waals surface area contributed by atoms with E-state index in [9.17, 15) is 14.0 Å². The maximum Gasteiger partial charge on any atom is 0.269 e. The first-order valence-electron chi connectivity index (χ1n) is 11.9. The second kappa shape index (κ2) is 12.0. The summed E-state index contributed by atoms with van der Waals surface area (Å²) in [6.45, 7) is 2.18. The summed E-state index contributed by atoms with van der Waals surface area (Å²) >= 11 is 14.2. The number of hydrogen-bond acceptors (Lipinski definition) is 8. The Morgan fingerprint density at radius 1 is 1.18 bits per heavy atom. The lowest BCUT2D eigenvalue weighted by molar-refractivity contribution is -0.117. The predicted molar refractivity (Wildman–Crippen MR) is 150 cm³/mol. The third-order valence-corrected chi connectivity index (χ3v) is 6.94. The van der Waals surface area contributed by atoms with Crippen LogP contribution in [-0.2, 0) is 11.4 Å². The van der Waals surface area contributed by atoms with Gasteiger partial charge in [-0.2, -0.15) is 0 Å². The molecule has 4 aromatic rings. The van der Waals surface area contributed by atoms with Gasteiger partial charge in [-0.3, -0.25) is 14.6 Å². The van der Waals surface area contributed by atoms with Crippen molar-refractivity contribution < 1.29 is 23.5 Å². The first-order chi connectivity index (χ1) is 19.3. The van der Waals surface area contributed by atoms with E-state index in [0.29, 0.717) is 34.2 Å². The van der Waals surface area contributed by atoms with Gasteiger partial charge in [0.2, 0.25) is 12.0 Å². The number of benzodiazepines with no additional fused rings is 1. The predicted octanol–water partition coefficient (Wildman–Crippen LogP) is 5.51. The van der Waals surface area contributed by atoms with E-state index in [1.165, 1.54) is 17.4 Å². The molecule has 13 heteroatoms. The fourth-order valence-electron chi connectivity index (χ4n) is 3.96. The summed E-state index contributed by atoms with van der Waals surface area (Å²) in [4.78, 5) is 39.9. The van der Waals surface area contributed by atoms with Crippen LogP contribution in [0.25, 0.3) is 0 Å². The number of ether oxygens (including phenoxy) is 2. The lowest BCUT2D eigenvalue weighted by atomic mass is 9.99. The molecule has 2 aromatic heterocycles. The molecule has 1 atom stereocenters. The second-order valence-electron chi connectivity index (χ2n) is 8.34. The van der Waals surface area contributed by atoms with E-state index in [1.54, 1.807) is 49.0 Å². The SMILES string of the molecule is CCOc1cc(Cl)cc(Cl)c1C1=NC(NC(=O)c2cc(F)cnc2OCc2cncs2)C(=O)Nc2ccccc21. The number of rotatable bonds is 8. The van der Waals surface area contributed by atoms with Crippen LogP contribution in [0, 0.1) is 5.82 Å². The van der Waals surface area contributed by atoms with Crippen molar-refractivity contribution in [2.24, 2.45) is 4.99 Å². The molecule has 204 valence electrons. The van der Waals surface area contributed by atoms with Gasteiger partial charge in [0.1, 0.15) is 23.7 Å². The molecule has 5 rings (SSSR count). The normalized spacial score (nSPS) is 14.4. The number of aromatic nitrogens is 2. The number of nitrogens with zero attached hydrogens (tertiary/aromatic N) is 3. The highest BCUT2D eigenvalue weighted by Crippen LogP contribution is 2.36. The van der Waals surface area contributed by atoms with Gasteiger partial charge in [0.15, 0.2) is 0 Å². The van der Waals surface area contributed by atoms with Crippen LogP contribution >= 0.6 is 34.5 Å². The van der Waals surface area contributed by atoms with Gasteiger partial charge >= 0.3 is 0 Å². The number of amides is 2. The van der Waals surface area contributed by atoms with Crippen molar-refractivity contribution in [2.45, 2.75) is 19.7 Å². The van der Waals surface area contributed by atoms with E-state index in [4.69, 9.17) is 32.7 Å². The van der Waals surface area contributed by atoms with Gasteiger partial charge in [0.05, 0.1) is 45.2 Å². The van der Waals surface area contributed by atoms with Crippen molar-refractivity contribution in [1.29, 1.82) is 0 Å². The number of benzene rings is 2. The molecule has 0 spiro atoms. The lowest BCUT2D eigenvalue weighted by Crippen LogP contribution is -2.42. The van der Waals surface area contributed by atoms with E-state index in [1.807, 2.05) is 0 Å². The number of carbonyl (C=O) groups excluding carboxylic acids is 2. The maximum atomic E-state index is 14.1. The summed E-state index contributed by atoms with van der Waals surface area (Å²) in [6.07, 6.45) is 1.10. The van der Waals surface area contributed by atoms with E-state index in [0.717, 1.165) is 17.1 Å². The molecule has 2 N–H and O–H groups in total. The van der Waals surface area contributed by atoms with Gasteiger partial charge in [-0.1, -0.05) is 41.4 Å². The molecule has 3 heterocycles. The molecule has 9 nitrogen and oxygen atoms in total. The fraction of sp³-hybridized carbons (Fsp3) is 0.148. The standard InChI is InChI=1S/C27H20Cl2FN5O4S/c1-2-38-21-8-14(28)7-19(29)22(21)23-17-5-3-4-6-20(17)33-26(37)24(34-23)35-25(36)18-9-15(30)10-32-27(18)39-12-16-11-31-13-40-16/h3-11,13,24H,2,12H2,1H3,(H,33,37)(H,35,36). The Morgan fingerprint density at radius 2 is 2.00 bits per heavy atom. The van der Waals surface area contributed by atoms with Gasteiger partial charge in [-0.15, -0.1) is 11.3 Å². The van der Waals surface area contributed by atoms with Gasteiger partial charge in [-0.25, -0.2) is 14.4 Å². The highest BCUT2D eigenvalue weighted by molar-refractivity contribution is 7.09. The molecule has 0 fully saturated rings. The molecule has 2 amide bonds. The van der Waals surface area contributed by atoms with E-state index in [2.05, 4.69) is 25.6 Å². The third-order valence-electron chi connectivity index (χ3n) is 5.67. The van der Waals surface area contributed by atoms with Crippen LogP contribution in [0.1, 0.15) is 33.3 Å². The first-order valence-corrected chi connectivity index (χ1v) is 13.5.